The summed E-state index contributed by atoms with van der Waals surface area (Å²) in [5, 5.41) is 19.4. The van der Waals surface area contributed by atoms with E-state index in [2.05, 4.69) is 4.74 Å². The molecule has 1 aromatic rings. The van der Waals surface area contributed by atoms with E-state index in [1.54, 1.807) is 0 Å². The zero-order valence-electron chi connectivity index (χ0n) is 10.4. The Bertz CT molecular complexity index is 545. The van der Waals surface area contributed by atoms with Crippen LogP contribution in [0.4, 0.5) is 4.39 Å². The average Bonchev–Trinajstić information content (AvgIpc) is 2.37. The van der Waals surface area contributed by atoms with Crippen LogP contribution in [0.3, 0.4) is 0 Å². The number of amides is 1. The molecule has 108 valence electrons. The largest absolute Gasteiger partial charge is 0.494 e. The first-order valence-electron chi connectivity index (χ1n) is 5.44. The molecule has 1 atom stereocenters. The van der Waals surface area contributed by atoms with Gasteiger partial charge in [0.25, 0.3) is 5.91 Å². The third kappa shape index (κ3) is 3.94. The molecule has 0 fully saturated rings. The van der Waals surface area contributed by atoms with Gasteiger partial charge < -0.3 is 20.3 Å². The van der Waals surface area contributed by atoms with Crippen molar-refractivity contribution in [2.45, 2.75) is 12.5 Å². The Kier molecular flexibility index (Phi) is 5.01. The van der Waals surface area contributed by atoms with E-state index in [1.807, 2.05) is 5.32 Å². The zero-order chi connectivity index (χ0) is 15.3. The zero-order valence-corrected chi connectivity index (χ0v) is 10.4. The van der Waals surface area contributed by atoms with Crippen LogP contribution in [0.1, 0.15) is 16.8 Å². The predicted molar refractivity (Wildman–Crippen MR) is 64.1 cm³/mol. The van der Waals surface area contributed by atoms with Crippen LogP contribution in [0.5, 0.6) is 5.75 Å². The lowest BCUT2D eigenvalue weighted by Gasteiger charge is -2.13. The molecule has 0 bridgehead atoms. The molecule has 0 saturated carbocycles. The molecule has 7 nitrogen and oxygen atoms in total. The highest BCUT2D eigenvalue weighted by atomic mass is 19.1. The van der Waals surface area contributed by atoms with Crippen LogP contribution in [0.25, 0.3) is 0 Å². The van der Waals surface area contributed by atoms with Gasteiger partial charge in [-0.2, -0.15) is 0 Å². The average molecular weight is 285 g/mol. The molecule has 8 heteroatoms. The summed E-state index contributed by atoms with van der Waals surface area (Å²) in [7, 11) is 1.21. The van der Waals surface area contributed by atoms with Crippen LogP contribution < -0.4 is 10.1 Å². The lowest BCUT2D eigenvalue weighted by molar-refractivity contribution is -0.145. The number of methoxy groups -OCH3 is 1. The number of halogens is 1. The second-order valence-electron chi connectivity index (χ2n) is 3.81. The van der Waals surface area contributed by atoms with Crippen molar-refractivity contribution in [2.75, 3.05) is 7.11 Å². The van der Waals surface area contributed by atoms with Crippen molar-refractivity contribution < 1.29 is 33.7 Å². The summed E-state index contributed by atoms with van der Waals surface area (Å²) < 4.78 is 17.9. The van der Waals surface area contributed by atoms with Crippen LogP contribution >= 0.6 is 0 Å². The lowest BCUT2D eigenvalue weighted by atomic mass is 10.1. The Labute approximate surface area is 113 Å². The minimum absolute atomic E-state index is 0.0418. The Hall–Kier alpha value is -2.64. The number of aliphatic carboxylic acids is 2. The van der Waals surface area contributed by atoms with Crippen LogP contribution in [0.15, 0.2) is 18.2 Å². The number of ether oxygens (including phenoxy) is 1. The van der Waals surface area contributed by atoms with E-state index >= 15 is 0 Å². The standard InChI is InChI=1S/C12H12FNO6/c1-20-9-4-6(2-3-7(9)13)11(17)14-8(12(18)19)5-10(15)16/h2-4,8H,5H2,1H3,(H,14,17)(H,15,16)(H,18,19)/t8-/m0/s1. The molecule has 0 aromatic heterocycles. The Balaban J connectivity index is 2.88. The van der Waals surface area contributed by atoms with Gasteiger partial charge in [-0.15, -0.1) is 0 Å². The molecule has 1 amide bonds. The lowest BCUT2D eigenvalue weighted by Crippen LogP contribution is -2.42. The number of rotatable bonds is 6. The molecule has 1 rings (SSSR count). The molecule has 0 radical (unpaired) electrons. The van der Waals surface area contributed by atoms with Crippen LogP contribution in [-0.4, -0.2) is 41.2 Å². The number of benzene rings is 1. The van der Waals surface area contributed by atoms with Crippen LogP contribution in [0, 0.1) is 5.82 Å². The van der Waals surface area contributed by atoms with Gasteiger partial charge in [0.05, 0.1) is 13.5 Å². The van der Waals surface area contributed by atoms with Gasteiger partial charge in [-0.1, -0.05) is 0 Å². The fourth-order valence-electron chi connectivity index (χ4n) is 1.42. The van der Waals surface area contributed by atoms with Crippen molar-refractivity contribution >= 4 is 17.8 Å². The van der Waals surface area contributed by atoms with Gasteiger partial charge in [0.2, 0.25) is 0 Å². The summed E-state index contributed by atoms with van der Waals surface area (Å²) in [6.07, 6.45) is -0.764. The number of nitrogens with one attached hydrogen (secondary N) is 1. The SMILES string of the molecule is COc1cc(C(=O)N[C@@H](CC(=O)O)C(=O)O)ccc1F. The first-order valence-corrected chi connectivity index (χ1v) is 5.44. The van der Waals surface area contributed by atoms with Gasteiger partial charge in [0, 0.05) is 5.56 Å². The molecule has 0 spiro atoms. The highest BCUT2D eigenvalue weighted by Crippen LogP contribution is 2.18. The molecule has 0 saturated heterocycles. The molecule has 1 aromatic carbocycles. The monoisotopic (exact) mass is 285 g/mol. The van der Waals surface area contributed by atoms with Crippen molar-refractivity contribution in [1.29, 1.82) is 0 Å². The van der Waals surface area contributed by atoms with Gasteiger partial charge in [-0.25, -0.2) is 9.18 Å². The van der Waals surface area contributed by atoms with E-state index in [0.29, 0.717) is 0 Å². The summed E-state index contributed by atoms with van der Waals surface area (Å²) in [4.78, 5) is 33.1. The van der Waals surface area contributed by atoms with Gasteiger partial charge >= 0.3 is 11.9 Å². The molecular weight excluding hydrogens is 273 g/mol. The fourth-order valence-corrected chi connectivity index (χ4v) is 1.42. The van der Waals surface area contributed by atoms with Crippen molar-refractivity contribution in [3.63, 3.8) is 0 Å². The summed E-state index contributed by atoms with van der Waals surface area (Å²) in [6, 6.07) is 1.63. The first-order chi connectivity index (χ1) is 9.35. The van der Waals surface area contributed by atoms with Gasteiger partial charge in [-0.05, 0) is 18.2 Å². The molecule has 3 N–H and O–H groups in total. The van der Waals surface area contributed by atoms with E-state index in [9.17, 15) is 18.8 Å². The van der Waals surface area contributed by atoms with E-state index in [4.69, 9.17) is 10.2 Å². The number of carbonyl (C=O) groups is 3. The number of carboxylic acids is 2. The maximum Gasteiger partial charge on any atom is 0.326 e. The number of carboxylic acid groups (broad SMARTS) is 2. The molecule has 20 heavy (non-hydrogen) atoms. The topological polar surface area (TPSA) is 113 Å². The smallest absolute Gasteiger partial charge is 0.326 e. The number of carbonyl (C=O) groups excluding carboxylic acids is 1. The molecule has 0 unspecified atom stereocenters. The third-order valence-electron chi connectivity index (χ3n) is 2.40. The van der Waals surface area contributed by atoms with E-state index in [1.165, 1.54) is 7.11 Å². The van der Waals surface area contributed by atoms with Gasteiger partial charge in [0.1, 0.15) is 6.04 Å². The normalized spacial score (nSPS) is 11.5. The van der Waals surface area contributed by atoms with Gasteiger partial charge in [0.15, 0.2) is 11.6 Å². The number of hydrogen-bond acceptors (Lipinski definition) is 4. The fraction of sp³-hybridized carbons (Fsp3) is 0.250. The van der Waals surface area contributed by atoms with Gasteiger partial charge in [-0.3, -0.25) is 9.59 Å². The molecule has 0 aliphatic rings. The maximum atomic E-state index is 13.2. The molecule has 0 aliphatic carbocycles. The molecular formula is C12H12FNO6. The van der Waals surface area contributed by atoms with Crippen molar-refractivity contribution in [3.05, 3.63) is 29.6 Å². The highest BCUT2D eigenvalue weighted by molar-refractivity contribution is 5.97. The first kappa shape index (κ1) is 15.4. The molecule has 0 heterocycles. The quantitative estimate of drug-likeness (QED) is 0.701. The summed E-state index contributed by atoms with van der Waals surface area (Å²) >= 11 is 0. The minimum Gasteiger partial charge on any atom is -0.494 e. The predicted octanol–water partition coefficient (Wildman–Crippen LogP) is 0.492. The van der Waals surface area contributed by atoms with E-state index < -0.39 is 36.1 Å². The van der Waals surface area contributed by atoms with Crippen LogP contribution in [0.2, 0.25) is 0 Å². The summed E-state index contributed by atoms with van der Waals surface area (Å²) in [5.74, 6) is -4.53. The molecule has 0 aliphatic heterocycles. The third-order valence-corrected chi connectivity index (χ3v) is 2.40. The van der Waals surface area contributed by atoms with E-state index in [-0.39, 0.29) is 11.3 Å². The summed E-state index contributed by atoms with van der Waals surface area (Å²) in [5.41, 5.74) is -0.0418. The Morgan fingerprint density at radius 3 is 2.50 bits per heavy atom. The van der Waals surface area contributed by atoms with Crippen molar-refractivity contribution in [1.82, 2.24) is 5.32 Å². The Morgan fingerprint density at radius 1 is 1.35 bits per heavy atom. The summed E-state index contributed by atoms with van der Waals surface area (Å²) in [6.45, 7) is 0. The highest BCUT2D eigenvalue weighted by Gasteiger charge is 2.24. The van der Waals surface area contributed by atoms with Crippen molar-refractivity contribution in [3.8, 4) is 5.75 Å². The van der Waals surface area contributed by atoms with E-state index in [0.717, 1.165) is 18.2 Å². The minimum atomic E-state index is -1.57. The second-order valence-corrected chi connectivity index (χ2v) is 3.81. The van der Waals surface area contributed by atoms with Crippen molar-refractivity contribution in [2.24, 2.45) is 0 Å². The van der Waals surface area contributed by atoms with Crippen LogP contribution in [-0.2, 0) is 9.59 Å². The second kappa shape index (κ2) is 6.50. The maximum absolute atomic E-state index is 13.2. The number of hydrogen-bond donors (Lipinski definition) is 3. The Morgan fingerprint density at radius 2 is 2.00 bits per heavy atom.